The van der Waals surface area contributed by atoms with Crippen LogP contribution < -0.4 is 5.32 Å². The van der Waals surface area contributed by atoms with Crippen LogP contribution in [0.15, 0.2) is 18.2 Å². The molecule has 1 aliphatic rings. The van der Waals surface area contributed by atoms with Crippen LogP contribution in [0.2, 0.25) is 0 Å². The molecule has 4 nitrogen and oxygen atoms in total. The van der Waals surface area contributed by atoms with E-state index in [-0.39, 0.29) is 18.7 Å². The lowest BCUT2D eigenvalue weighted by molar-refractivity contribution is 0.171. The average molecular weight is 290 g/mol. The molecule has 1 aliphatic carbocycles. The zero-order valence-electron chi connectivity index (χ0n) is 13.2. The molecule has 1 aromatic carbocycles. The van der Waals surface area contributed by atoms with E-state index in [0.717, 1.165) is 19.3 Å². The van der Waals surface area contributed by atoms with Gasteiger partial charge in [0.25, 0.3) is 0 Å². The van der Waals surface area contributed by atoms with Crippen molar-refractivity contribution < 1.29 is 9.90 Å². The molecule has 2 amide bonds. The SMILES string of the molecule is Cc1cc(C)cc(C[C@H](C)NC(=O)N(CCO)C2CC2)c1. The molecule has 21 heavy (non-hydrogen) atoms. The van der Waals surface area contributed by atoms with Gasteiger partial charge in [-0.05, 0) is 45.6 Å². The van der Waals surface area contributed by atoms with Crippen molar-refractivity contribution in [3.05, 3.63) is 34.9 Å². The number of aryl methyl sites for hydroxylation is 2. The van der Waals surface area contributed by atoms with Crippen LogP contribution in [0.3, 0.4) is 0 Å². The largest absolute Gasteiger partial charge is 0.395 e. The molecule has 0 aromatic heterocycles. The highest BCUT2D eigenvalue weighted by Gasteiger charge is 2.32. The molecule has 0 radical (unpaired) electrons. The summed E-state index contributed by atoms with van der Waals surface area (Å²) in [5.74, 6) is 0. The van der Waals surface area contributed by atoms with Crippen molar-refractivity contribution in [2.75, 3.05) is 13.2 Å². The van der Waals surface area contributed by atoms with E-state index in [4.69, 9.17) is 5.11 Å². The van der Waals surface area contributed by atoms with Gasteiger partial charge in [0.2, 0.25) is 0 Å². The fourth-order valence-corrected chi connectivity index (χ4v) is 2.83. The Morgan fingerprint density at radius 3 is 2.48 bits per heavy atom. The number of hydrogen-bond donors (Lipinski definition) is 2. The summed E-state index contributed by atoms with van der Waals surface area (Å²) in [6.45, 7) is 6.66. The van der Waals surface area contributed by atoms with Crippen molar-refractivity contribution >= 4 is 6.03 Å². The molecule has 2 rings (SSSR count). The molecule has 1 saturated carbocycles. The summed E-state index contributed by atoms with van der Waals surface area (Å²) in [5, 5.41) is 12.1. The zero-order valence-corrected chi connectivity index (χ0v) is 13.2. The normalized spacial score (nSPS) is 15.6. The molecule has 4 heteroatoms. The molecular weight excluding hydrogens is 264 g/mol. The van der Waals surface area contributed by atoms with Gasteiger partial charge in [0.1, 0.15) is 0 Å². The van der Waals surface area contributed by atoms with Crippen LogP contribution in [0.4, 0.5) is 4.79 Å². The van der Waals surface area contributed by atoms with Crippen LogP contribution in [-0.2, 0) is 6.42 Å². The van der Waals surface area contributed by atoms with Crippen LogP contribution in [0.5, 0.6) is 0 Å². The lowest BCUT2D eigenvalue weighted by atomic mass is 10.0. The first-order chi connectivity index (χ1) is 9.99. The van der Waals surface area contributed by atoms with Gasteiger partial charge in [0.05, 0.1) is 6.61 Å². The van der Waals surface area contributed by atoms with Crippen molar-refractivity contribution in [3.8, 4) is 0 Å². The molecule has 1 atom stereocenters. The second-order valence-corrected chi connectivity index (χ2v) is 6.20. The van der Waals surface area contributed by atoms with E-state index in [1.807, 2.05) is 6.92 Å². The predicted octanol–water partition coefficient (Wildman–Crippen LogP) is 2.40. The van der Waals surface area contributed by atoms with Crippen LogP contribution >= 0.6 is 0 Å². The maximum atomic E-state index is 12.3. The second-order valence-electron chi connectivity index (χ2n) is 6.20. The summed E-state index contributed by atoms with van der Waals surface area (Å²) in [4.78, 5) is 14.0. The zero-order chi connectivity index (χ0) is 15.4. The maximum absolute atomic E-state index is 12.3. The van der Waals surface area contributed by atoms with Gasteiger partial charge >= 0.3 is 6.03 Å². The maximum Gasteiger partial charge on any atom is 0.317 e. The van der Waals surface area contributed by atoms with E-state index < -0.39 is 0 Å². The fraction of sp³-hybridized carbons (Fsp3) is 0.588. The number of benzene rings is 1. The minimum Gasteiger partial charge on any atom is -0.395 e. The van der Waals surface area contributed by atoms with Gasteiger partial charge < -0.3 is 15.3 Å². The number of rotatable bonds is 6. The molecule has 0 spiro atoms. The van der Waals surface area contributed by atoms with Gasteiger partial charge in [-0.3, -0.25) is 0 Å². The standard InChI is InChI=1S/C17H26N2O2/c1-12-8-13(2)10-15(9-12)11-14(3)18-17(21)19(6-7-20)16-4-5-16/h8-10,14,16,20H,4-7,11H2,1-3H3,(H,18,21)/t14-/m0/s1. The molecular formula is C17H26N2O2. The number of carbonyl (C=O) groups is 1. The Morgan fingerprint density at radius 1 is 1.33 bits per heavy atom. The average Bonchev–Trinajstić information content (AvgIpc) is 3.18. The van der Waals surface area contributed by atoms with Gasteiger partial charge in [-0.25, -0.2) is 4.79 Å². The first-order valence-corrected chi connectivity index (χ1v) is 7.74. The molecule has 1 aromatic rings. The van der Waals surface area contributed by atoms with Crippen LogP contribution in [0.25, 0.3) is 0 Å². The Morgan fingerprint density at radius 2 is 1.95 bits per heavy atom. The highest BCUT2D eigenvalue weighted by Crippen LogP contribution is 2.26. The minimum absolute atomic E-state index is 0.0232. The van der Waals surface area contributed by atoms with Crippen molar-refractivity contribution in [3.63, 3.8) is 0 Å². The Bertz CT molecular complexity index is 477. The third kappa shape index (κ3) is 4.74. The summed E-state index contributed by atoms with van der Waals surface area (Å²) in [6, 6.07) is 6.85. The first kappa shape index (κ1) is 15.8. The molecule has 0 heterocycles. The van der Waals surface area contributed by atoms with E-state index in [9.17, 15) is 4.79 Å². The van der Waals surface area contributed by atoms with Crippen molar-refractivity contribution in [1.82, 2.24) is 10.2 Å². The summed E-state index contributed by atoms with van der Waals surface area (Å²) >= 11 is 0. The highest BCUT2D eigenvalue weighted by atomic mass is 16.3. The van der Waals surface area contributed by atoms with E-state index in [0.29, 0.717) is 12.6 Å². The van der Waals surface area contributed by atoms with Gasteiger partial charge in [-0.15, -0.1) is 0 Å². The van der Waals surface area contributed by atoms with Crippen molar-refractivity contribution in [2.24, 2.45) is 0 Å². The monoisotopic (exact) mass is 290 g/mol. The third-order valence-corrected chi connectivity index (χ3v) is 3.78. The number of urea groups is 1. The van der Waals surface area contributed by atoms with Gasteiger partial charge in [-0.1, -0.05) is 29.3 Å². The highest BCUT2D eigenvalue weighted by molar-refractivity contribution is 5.75. The molecule has 0 saturated heterocycles. The molecule has 116 valence electrons. The molecule has 0 unspecified atom stereocenters. The quantitative estimate of drug-likeness (QED) is 0.845. The Kier molecular flexibility index (Phi) is 5.23. The lowest BCUT2D eigenvalue weighted by Gasteiger charge is -2.24. The first-order valence-electron chi connectivity index (χ1n) is 7.74. The molecule has 0 aliphatic heterocycles. The van der Waals surface area contributed by atoms with Crippen LogP contribution in [-0.4, -0.2) is 41.3 Å². The fourth-order valence-electron chi connectivity index (χ4n) is 2.83. The lowest BCUT2D eigenvalue weighted by Crippen LogP contribution is -2.46. The third-order valence-electron chi connectivity index (χ3n) is 3.78. The number of amides is 2. The Labute approximate surface area is 127 Å². The summed E-state index contributed by atoms with van der Waals surface area (Å²) in [5.41, 5.74) is 3.76. The minimum atomic E-state index is -0.0524. The van der Waals surface area contributed by atoms with Crippen molar-refractivity contribution in [1.29, 1.82) is 0 Å². The van der Waals surface area contributed by atoms with Gasteiger partial charge in [-0.2, -0.15) is 0 Å². The van der Waals surface area contributed by atoms with E-state index >= 15 is 0 Å². The molecule has 0 bridgehead atoms. The van der Waals surface area contributed by atoms with Crippen LogP contribution in [0.1, 0.15) is 36.5 Å². The number of nitrogens with one attached hydrogen (secondary N) is 1. The summed E-state index contributed by atoms with van der Waals surface area (Å²) in [6.07, 6.45) is 2.93. The Balaban J connectivity index is 1.90. The van der Waals surface area contributed by atoms with Gasteiger partial charge in [0, 0.05) is 18.6 Å². The van der Waals surface area contributed by atoms with E-state index in [2.05, 4.69) is 37.4 Å². The number of aliphatic hydroxyl groups excluding tert-OH is 1. The van der Waals surface area contributed by atoms with Crippen LogP contribution in [0, 0.1) is 13.8 Å². The van der Waals surface area contributed by atoms with E-state index in [1.165, 1.54) is 16.7 Å². The Hall–Kier alpha value is -1.55. The molecule has 2 N–H and O–H groups in total. The summed E-state index contributed by atoms with van der Waals surface area (Å²) < 4.78 is 0. The van der Waals surface area contributed by atoms with E-state index in [1.54, 1.807) is 4.90 Å². The predicted molar refractivity (Wildman–Crippen MR) is 84.4 cm³/mol. The number of nitrogens with zero attached hydrogens (tertiary/aromatic N) is 1. The number of carbonyl (C=O) groups excluding carboxylic acids is 1. The van der Waals surface area contributed by atoms with Crippen molar-refractivity contribution in [2.45, 2.75) is 52.1 Å². The number of aliphatic hydroxyl groups is 1. The smallest absolute Gasteiger partial charge is 0.317 e. The second kappa shape index (κ2) is 6.94. The topological polar surface area (TPSA) is 52.6 Å². The number of hydrogen-bond acceptors (Lipinski definition) is 2. The van der Waals surface area contributed by atoms with Gasteiger partial charge in [0.15, 0.2) is 0 Å². The summed E-state index contributed by atoms with van der Waals surface area (Å²) in [7, 11) is 0. The molecule has 1 fully saturated rings.